The number of benzene rings is 1. The van der Waals surface area contributed by atoms with Gasteiger partial charge in [0.1, 0.15) is 0 Å². The molecule has 1 heterocycles. The maximum atomic E-state index is 11.7. The molecule has 1 aromatic carbocycles. The van der Waals surface area contributed by atoms with Gasteiger partial charge in [0.15, 0.2) is 8.29 Å². The first kappa shape index (κ1) is 17.4. The van der Waals surface area contributed by atoms with E-state index in [1.165, 1.54) is 29.2 Å². The van der Waals surface area contributed by atoms with Crippen molar-refractivity contribution in [1.82, 2.24) is 20.4 Å². The normalized spacial score (nSPS) is 10.1. The van der Waals surface area contributed by atoms with Crippen molar-refractivity contribution in [3.05, 3.63) is 46.9 Å². The molecule has 3 amide bonds. The molecule has 0 fully saturated rings. The average molecular weight is 366 g/mol. The first-order valence-electron chi connectivity index (χ1n) is 6.57. The third kappa shape index (κ3) is 5.31. The van der Waals surface area contributed by atoms with Crippen LogP contribution in [0.1, 0.15) is 0 Å². The molecular weight excluding hydrogens is 352 g/mol. The maximum absolute atomic E-state index is 11.7. The zero-order valence-electron chi connectivity index (χ0n) is 12.0. The van der Waals surface area contributed by atoms with Crippen LogP contribution >= 0.6 is 35.3 Å². The minimum atomic E-state index is -0.544. The fourth-order valence-corrected chi connectivity index (χ4v) is 3.71. The second-order valence-corrected chi connectivity index (χ2v) is 7.06. The van der Waals surface area contributed by atoms with Crippen LogP contribution in [-0.4, -0.2) is 34.0 Å². The Morgan fingerprint density at radius 2 is 2.13 bits per heavy atom. The molecule has 0 saturated carbocycles. The number of hydrogen-bond donors (Lipinski definition) is 2. The van der Waals surface area contributed by atoms with Gasteiger partial charge in [-0.2, -0.15) is 0 Å². The van der Waals surface area contributed by atoms with Crippen molar-refractivity contribution in [2.45, 2.75) is 4.34 Å². The number of nitrogens with zero attached hydrogens (tertiary/aromatic N) is 2. The van der Waals surface area contributed by atoms with Gasteiger partial charge in [-0.1, -0.05) is 47.4 Å². The van der Waals surface area contributed by atoms with Crippen LogP contribution in [0.4, 0.5) is 4.79 Å². The van der Waals surface area contributed by atoms with E-state index in [9.17, 15) is 9.59 Å². The Hall–Kier alpha value is -1.97. The molecular formula is C14H14N4O2S3. The molecule has 1 aromatic heterocycles. The number of nitrogens with one attached hydrogen (secondary N) is 2. The molecule has 9 heteroatoms. The molecule has 120 valence electrons. The predicted molar refractivity (Wildman–Crippen MR) is 94.7 cm³/mol. The molecule has 23 heavy (non-hydrogen) atoms. The van der Waals surface area contributed by atoms with Crippen LogP contribution in [0, 0.1) is 3.95 Å². The van der Waals surface area contributed by atoms with Crippen molar-refractivity contribution in [3.8, 4) is 5.69 Å². The summed E-state index contributed by atoms with van der Waals surface area (Å²) in [6, 6.07) is 8.98. The van der Waals surface area contributed by atoms with Gasteiger partial charge in [-0.05, 0) is 24.4 Å². The van der Waals surface area contributed by atoms with Gasteiger partial charge in [0.05, 0.1) is 11.4 Å². The maximum Gasteiger partial charge on any atom is 0.321 e. The van der Waals surface area contributed by atoms with Gasteiger partial charge in [0.2, 0.25) is 5.91 Å². The summed E-state index contributed by atoms with van der Waals surface area (Å²) < 4.78 is 2.92. The summed E-state index contributed by atoms with van der Waals surface area (Å²) in [4.78, 5) is 23.0. The van der Waals surface area contributed by atoms with Crippen molar-refractivity contribution in [1.29, 1.82) is 0 Å². The minimum Gasteiger partial charge on any atom is -0.334 e. The van der Waals surface area contributed by atoms with Crippen LogP contribution in [-0.2, 0) is 4.79 Å². The molecule has 2 rings (SSSR count). The Morgan fingerprint density at radius 1 is 1.39 bits per heavy atom. The van der Waals surface area contributed by atoms with Gasteiger partial charge in [-0.15, -0.1) is 11.7 Å². The number of hydrogen-bond acceptors (Lipinski definition) is 6. The lowest BCUT2D eigenvalue weighted by molar-refractivity contribution is -0.117. The summed E-state index contributed by atoms with van der Waals surface area (Å²) in [5, 5.41) is 9.07. The number of rotatable bonds is 6. The average Bonchev–Trinajstić information content (AvgIpc) is 2.93. The molecule has 0 aliphatic rings. The quantitative estimate of drug-likeness (QED) is 0.467. The molecule has 2 aromatic rings. The van der Waals surface area contributed by atoms with Crippen molar-refractivity contribution >= 4 is 47.3 Å². The Bertz CT molecular complexity index is 755. The molecule has 0 unspecified atom stereocenters. The largest absolute Gasteiger partial charge is 0.334 e. The minimum absolute atomic E-state index is 0.0819. The standard InChI is InChI=1S/C14H14N4O2S3/c1-2-8-15-12(20)16-11(19)9-22-13-17-18(14(21)23-13)10-6-4-3-5-7-10/h2-7H,1,8-9H2,(H2,15,16,19,20). The molecule has 0 spiro atoms. The van der Waals surface area contributed by atoms with E-state index in [-0.39, 0.29) is 5.75 Å². The number of urea groups is 1. The van der Waals surface area contributed by atoms with Crippen molar-refractivity contribution < 1.29 is 9.59 Å². The smallest absolute Gasteiger partial charge is 0.321 e. The third-order valence-electron chi connectivity index (χ3n) is 2.52. The Morgan fingerprint density at radius 3 is 2.83 bits per heavy atom. The monoisotopic (exact) mass is 366 g/mol. The van der Waals surface area contributed by atoms with E-state index in [4.69, 9.17) is 12.2 Å². The van der Waals surface area contributed by atoms with E-state index < -0.39 is 11.9 Å². The number of carbonyl (C=O) groups excluding carboxylic acids is 2. The number of aromatic nitrogens is 2. The molecule has 0 bridgehead atoms. The van der Waals surface area contributed by atoms with Gasteiger partial charge in [-0.3, -0.25) is 10.1 Å². The highest BCUT2D eigenvalue weighted by Gasteiger charge is 2.11. The lowest BCUT2D eigenvalue weighted by Crippen LogP contribution is -2.40. The number of imide groups is 1. The molecule has 0 aliphatic heterocycles. The molecule has 0 saturated heterocycles. The zero-order chi connectivity index (χ0) is 16.7. The fourth-order valence-electron chi connectivity index (χ4n) is 1.55. The lowest BCUT2D eigenvalue weighted by atomic mass is 10.3. The first-order valence-corrected chi connectivity index (χ1v) is 8.78. The number of amides is 3. The van der Waals surface area contributed by atoms with E-state index in [1.54, 1.807) is 4.68 Å². The topological polar surface area (TPSA) is 76.0 Å². The predicted octanol–water partition coefficient (Wildman–Crippen LogP) is 2.77. The zero-order valence-corrected chi connectivity index (χ0v) is 14.5. The van der Waals surface area contributed by atoms with E-state index in [2.05, 4.69) is 22.3 Å². The summed E-state index contributed by atoms with van der Waals surface area (Å²) in [7, 11) is 0. The summed E-state index contributed by atoms with van der Waals surface area (Å²) in [5.41, 5.74) is 0.869. The molecule has 0 aliphatic carbocycles. The summed E-state index contributed by atoms with van der Waals surface area (Å²) in [6.07, 6.45) is 1.53. The SMILES string of the molecule is C=CCNC(=O)NC(=O)CSc1nn(-c2ccccc2)c(=S)s1. The Labute approximate surface area is 146 Å². The van der Waals surface area contributed by atoms with E-state index in [0.29, 0.717) is 14.8 Å². The van der Waals surface area contributed by atoms with Gasteiger partial charge in [-0.25, -0.2) is 9.48 Å². The second-order valence-electron chi connectivity index (χ2n) is 4.22. The first-order chi connectivity index (χ1) is 11.1. The fraction of sp³-hybridized carbons (Fsp3) is 0.143. The molecule has 0 radical (unpaired) electrons. The van der Waals surface area contributed by atoms with Crippen LogP contribution in [0.5, 0.6) is 0 Å². The van der Waals surface area contributed by atoms with Crippen molar-refractivity contribution in [2.24, 2.45) is 0 Å². The number of para-hydroxylation sites is 1. The van der Waals surface area contributed by atoms with E-state index in [1.807, 2.05) is 30.3 Å². The molecule has 6 nitrogen and oxygen atoms in total. The lowest BCUT2D eigenvalue weighted by Gasteiger charge is -2.03. The van der Waals surface area contributed by atoms with Gasteiger partial charge >= 0.3 is 6.03 Å². The molecule has 0 atom stereocenters. The van der Waals surface area contributed by atoms with Gasteiger partial charge < -0.3 is 5.32 Å². The van der Waals surface area contributed by atoms with Gasteiger partial charge in [0.25, 0.3) is 0 Å². The van der Waals surface area contributed by atoms with Gasteiger partial charge in [0, 0.05) is 6.54 Å². The van der Waals surface area contributed by atoms with Crippen molar-refractivity contribution in [2.75, 3.05) is 12.3 Å². The van der Waals surface area contributed by atoms with Crippen LogP contribution in [0.2, 0.25) is 0 Å². The third-order valence-corrected chi connectivity index (χ3v) is 4.88. The Kier molecular flexibility index (Phi) is 6.51. The number of carbonyl (C=O) groups is 2. The molecule has 2 N–H and O–H groups in total. The van der Waals surface area contributed by atoms with Crippen LogP contribution in [0.25, 0.3) is 5.69 Å². The second kappa shape index (κ2) is 8.61. The van der Waals surface area contributed by atoms with Crippen LogP contribution in [0.3, 0.4) is 0 Å². The van der Waals surface area contributed by atoms with E-state index in [0.717, 1.165) is 5.69 Å². The van der Waals surface area contributed by atoms with Crippen LogP contribution < -0.4 is 10.6 Å². The highest BCUT2D eigenvalue weighted by atomic mass is 32.2. The van der Waals surface area contributed by atoms with E-state index >= 15 is 0 Å². The highest BCUT2D eigenvalue weighted by molar-refractivity contribution is 8.01. The summed E-state index contributed by atoms with van der Waals surface area (Å²) in [6.45, 7) is 3.77. The summed E-state index contributed by atoms with van der Waals surface area (Å²) in [5.74, 6) is -0.317. The highest BCUT2D eigenvalue weighted by Crippen LogP contribution is 2.23. The van der Waals surface area contributed by atoms with Crippen molar-refractivity contribution in [3.63, 3.8) is 0 Å². The van der Waals surface area contributed by atoms with Crippen LogP contribution in [0.15, 0.2) is 47.3 Å². The number of thioether (sulfide) groups is 1. The Balaban J connectivity index is 1.92. The summed E-state index contributed by atoms with van der Waals surface area (Å²) >= 11 is 7.84.